The first-order valence-corrected chi connectivity index (χ1v) is 9.28. The second-order valence-electron chi connectivity index (χ2n) is 6.87. The molecule has 1 fully saturated rings. The molecule has 1 aliphatic heterocycles. The molecule has 2 heterocycles. The first-order chi connectivity index (χ1) is 13.2. The van der Waals surface area contributed by atoms with Gasteiger partial charge in [0.2, 0.25) is 5.95 Å². The quantitative estimate of drug-likeness (QED) is 0.768. The van der Waals surface area contributed by atoms with Gasteiger partial charge in [0.15, 0.2) is 5.82 Å². The van der Waals surface area contributed by atoms with E-state index in [-0.39, 0.29) is 0 Å². The Labute approximate surface area is 159 Å². The molecule has 138 valence electrons. The Morgan fingerprint density at radius 1 is 0.852 bits per heavy atom. The maximum atomic E-state index is 4.66. The molecule has 0 atom stereocenters. The highest BCUT2D eigenvalue weighted by molar-refractivity contribution is 5.57. The van der Waals surface area contributed by atoms with Gasteiger partial charge in [-0.25, -0.2) is 0 Å². The molecule has 3 aromatic rings. The van der Waals surface area contributed by atoms with Gasteiger partial charge < -0.3 is 15.1 Å². The molecule has 1 aromatic heterocycles. The van der Waals surface area contributed by atoms with Gasteiger partial charge in [0.05, 0.1) is 6.20 Å². The Morgan fingerprint density at radius 2 is 1.59 bits per heavy atom. The minimum absolute atomic E-state index is 0.529. The lowest BCUT2D eigenvalue weighted by molar-refractivity contribution is 0.645. The van der Waals surface area contributed by atoms with E-state index in [1.54, 1.807) is 6.20 Å². The van der Waals surface area contributed by atoms with Gasteiger partial charge in [-0.1, -0.05) is 24.3 Å². The Hall–Kier alpha value is -3.15. The van der Waals surface area contributed by atoms with Crippen LogP contribution in [0.4, 0.5) is 23.1 Å². The van der Waals surface area contributed by atoms with Gasteiger partial charge in [-0.15, -0.1) is 5.10 Å². The van der Waals surface area contributed by atoms with Crippen LogP contribution in [-0.4, -0.2) is 41.4 Å². The third kappa shape index (κ3) is 4.00. The average Bonchev–Trinajstić information content (AvgIpc) is 2.72. The predicted octanol–water partition coefficient (Wildman–Crippen LogP) is 3.56. The minimum Gasteiger partial charge on any atom is -0.368 e. The van der Waals surface area contributed by atoms with Crippen molar-refractivity contribution < 1.29 is 0 Å². The molecule has 0 spiro atoms. The van der Waals surface area contributed by atoms with Crippen molar-refractivity contribution in [2.75, 3.05) is 41.3 Å². The molecule has 4 rings (SSSR count). The number of anilines is 4. The van der Waals surface area contributed by atoms with Gasteiger partial charge in [0, 0.05) is 37.6 Å². The maximum Gasteiger partial charge on any atom is 0.249 e. The number of hydrogen-bond donors (Lipinski definition) is 1. The predicted molar refractivity (Wildman–Crippen MR) is 110 cm³/mol. The highest BCUT2D eigenvalue weighted by atomic mass is 15.3. The Kier molecular flexibility index (Phi) is 4.87. The number of piperazine rings is 1. The standard InChI is InChI=1S/C21H24N6/c1-16-8-9-18(14-17(16)2)23-21-24-20(15-22-25-21)27-12-10-26(11-13-27)19-6-4-3-5-7-19/h3-9,14-15H,10-13H2,1-2H3,(H,23,24,25). The van der Waals surface area contributed by atoms with Crippen molar-refractivity contribution in [3.8, 4) is 0 Å². The van der Waals surface area contributed by atoms with Gasteiger partial charge >= 0.3 is 0 Å². The van der Waals surface area contributed by atoms with Crippen LogP contribution in [0.25, 0.3) is 0 Å². The van der Waals surface area contributed by atoms with E-state index >= 15 is 0 Å². The van der Waals surface area contributed by atoms with Crippen LogP contribution in [-0.2, 0) is 0 Å². The molecule has 0 unspecified atom stereocenters. The van der Waals surface area contributed by atoms with E-state index in [0.717, 1.165) is 37.7 Å². The lowest BCUT2D eigenvalue weighted by Crippen LogP contribution is -2.46. The number of aryl methyl sites for hydroxylation is 2. The second-order valence-corrected chi connectivity index (χ2v) is 6.87. The Bertz CT molecular complexity index is 904. The van der Waals surface area contributed by atoms with Gasteiger partial charge in [-0.3, -0.25) is 0 Å². The lowest BCUT2D eigenvalue weighted by Gasteiger charge is -2.36. The number of aromatic nitrogens is 3. The van der Waals surface area contributed by atoms with Crippen LogP contribution in [0.15, 0.2) is 54.7 Å². The van der Waals surface area contributed by atoms with Crippen LogP contribution in [0.1, 0.15) is 11.1 Å². The molecule has 1 N–H and O–H groups in total. The van der Waals surface area contributed by atoms with Crippen LogP contribution in [0.3, 0.4) is 0 Å². The zero-order chi connectivity index (χ0) is 18.6. The molecule has 2 aromatic carbocycles. The molecule has 1 aliphatic rings. The molecule has 0 radical (unpaired) electrons. The van der Waals surface area contributed by atoms with Crippen molar-refractivity contribution in [2.45, 2.75) is 13.8 Å². The van der Waals surface area contributed by atoms with Gasteiger partial charge in [-0.05, 0) is 49.2 Å². The van der Waals surface area contributed by atoms with Gasteiger partial charge in [-0.2, -0.15) is 10.1 Å². The molecule has 6 nitrogen and oxygen atoms in total. The molecule has 0 bridgehead atoms. The van der Waals surface area contributed by atoms with Crippen molar-refractivity contribution in [3.05, 3.63) is 65.9 Å². The molecule has 0 amide bonds. The summed E-state index contributed by atoms with van der Waals surface area (Å²) in [4.78, 5) is 9.33. The number of rotatable bonds is 4. The van der Waals surface area contributed by atoms with Crippen molar-refractivity contribution in [1.29, 1.82) is 0 Å². The number of hydrogen-bond acceptors (Lipinski definition) is 6. The van der Waals surface area contributed by atoms with Crippen molar-refractivity contribution >= 4 is 23.1 Å². The maximum absolute atomic E-state index is 4.66. The summed E-state index contributed by atoms with van der Waals surface area (Å²) in [5.41, 5.74) is 4.76. The first-order valence-electron chi connectivity index (χ1n) is 9.28. The topological polar surface area (TPSA) is 57.2 Å². The first kappa shape index (κ1) is 17.3. The van der Waals surface area contributed by atoms with E-state index in [1.165, 1.54) is 16.8 Å². The Balaban J connectivity index is 1.43. The molecule has 1 saturated heterocycles. The zero-order valence-electron chi connectivity index (χ0n) is 15.8. The van der Waals surface area contributed by atoms with Crippen molar-refractivity contribution in [1.82, 2.24) is 15.2 Å². The van der Waals surface area contributed by atoms with Crippen LogP contribution < -0.4 is 15.1 Å². The van der Waals surface area contributed by atoms with E-state index in [2.05, 4.69) is 86.6 Å². The minimum atomic E-state index is 0.529. The Morgan fingerprint density at radius 3 is 2.33 bits per heavy atom. The van der Waals surface area contributed by atoms with E-state index < -0.39 is 0 Å². The summed E-state index contributed by atoms with van der Waals surface area (Å²) < 4.78 is 0. The van der Waals surface area contributed by atoms with Crippen LogP contribution >= 0.6 is 0 Å². The van der Waals surface area contributed by atoms with Crippen LogP contribution in [0.5, 0.6) is 0 Å². The highest BCUT2D eigenvalue weighted by Crippen LogP contribution is 2.21. The number of para-hydroxylation sites is 1. The lowest BCUT2D eigenvalue weighted by atomic mass is 10.1. The number of benzene rings is 2. The van der Waals surface area contributed by atoms with Gasteiger partial charge in [0.25, 0.3) is 0 Å². The number of nitrogens with zero attached hydrogens (tertiary/aromatic N) is 5. The molecule has 27 heavy (non-hydrogen) atoms. The second kappa shape index (κ2) is 7.61. The normalized spacial score (nSPS) is 14.3. The summed E-state index contributed by atoms with van der Waals surface area (Å²) in [6.07, 6.45) is 1.74. The van der Waals surface area contributed by atoms with E-state index in [0.29, 0.717) is 5.95 Å². The summed E-state index contributed by atoms with van der Waals surface area (Å²) in [5, 5.41) is 11.5. The van der Waals surface area contributed by atoms with Crippen LogP contribution in [0.2, 0.25) is 0 Å². The molecule has 0 saturated carbocycles. The summed E-state index contributed by atoms with van der Waals surface area (Å²) in [6.45, 7) is 7.96. The van der Waals surface area contributed by atoms with Gasteiger partial charge in [0.1, 0.15) is 0 Å². The fraction of sp³-hybridized carbons (Fsp3) is 0.286. The third-order valence-corrected chi connectivity index (χ3v) is 5.03. The summed E-state index contributed by atoms with van der Waals surface area (Å²) in [7, 11) is 0. The van der Waals surface area contributed by atoms with Crippen LogP contribution in [0, 0.1) is 13.8 Å². The fourth-order valence-electron chi connectivity index (χ4n) is 3.28. The molecular weight excluding hydrogens is 336 g/mol. The molecular formula is C21H24N6. The monoisotopic (exact) mass is 360 g/mol. The SMILES string of the molecule is Cc1ccc(Nc2nncc(N3CCN(c4ccccc4)CC3)n2)cc1C. The van der Waals surface area contributed by atoms with Crippen molar-refractivity contribution in [2.24, 2.45) is 0 Å². The largest absolute Gasteiger partial charge is 0.368 e. The summed E-state index contributed by atoms with van der Waals surface area (Å²) >= 11 is 0. The molecule has 0 aliphatic carbocycles. The van der Waals surface area contributed by atoms with E-state index in [1.807, 2.05) is 6.07 Å². The highest BCUT2D eigenvalue weighted by Gasteiger charge is 2.19. The third-order valence-electron chi connectivity index (χ3n) is 5.03. The summed E-state index contributed by atoms with van der Waals surface area (Å²) in [6, 6.07) is 16.8. The van der Waals surface area contributed by atoms with E-state index in [4.69, 9.17) is 0 Å². The molecule has 6 heteroatoms. The average molecular weight is 360 g/mol. The zero-order valence-corrected chi connectivity index (χ0v) is 15.8. The summed E-state index contributed by atoms with van der Waals surface area (Å²) in [5.74, 6) is 1.39. The van der Waals surface area contributed by atoms with Crippen molar-refractivity contribution in [3.63, 3.8) is 0 Å². The number of nitrogens with one attached hydrogen (secondary N) is 1. The smallest absolute Gasteiger partial charge is 0.249 e. The fourth-order valence-corrected chi connectivity index (χ4v) is 3.28. The van der Waals surface area contributed by atoms with E-state index in [9.17, 15) is 0 Å².